The van der Waals surface area contributed by atoms with Gasteiger partial charge in [0.05, 0.1) is 5.54 Å². The van der Waals surface area contributed by atoms with Crippen LogP contribution in [0.5, 0.6) is 0 Å². The van der Waals surface area contributed by atoms with Crippen molar-refractivity contribution in [2.24, 2.45) is 5.73 Å². The number of halogens is 2. The summed E-state index contributed by atoms with van der Waals surface area (Å²) in [5, 5.41) is 0.466. The second-order valence-corrected chi connectivity index (χ2v) is 8.03. The predicted octanol–water partition coefficient (Wildman–Crippen LogP) is 4.88. The lowest BCUT2D eigenvalue weighted by Crippen LogP contribution is -2.49. The van der Waals surface area contributed by atoms with Crippen LogP contribution in [0.4, 0.5) is 9.18 Å². The van der Waals surface area contributed by atoms with Gasteiger partial charge in [0, 0.05) is 31.2 Å². The zero-order chi connectivity index (χ0) is 21.0. The van der Waals surface area contributed by atoms with E-state index in [0.29, 0.717) is 30.1 Å². The summed E-state index contributed by atoms with van der Waals surface area (Å²) in [6.45, 7) is 0.901. The van der Waals surface area contributed by atoms with Crippen LogP contribution in [0.15, 0.2) is 54.6 Å². The molecule has 1 atom stereocenters. The molecule has 0 radical (unpaired) electrons. The number of urea groups is 1. The molecule has 1 aliphatic rings. The maximum Gasteiger partial charge on any atom is 0.320 e. The first kappa shape index (κ1) is 21.3. The first-order valence-electron chi connectivity index (χ1n) is 9.80. The first-order valence-corrected chi connectivity index (χ1v) is 10.2. The van der Waals surface area contributed by atoms with Crippen LogP contribution in [0, 0.1) is 5.82 Å². The minimum atomic E-state index is -0.665. The van der Waals surface area contributed by atoms with Crippen molar-refractivity contribution < 1.29 is 9.18 Å². The van der Waals surface area contributed by atoms with Crippen LogP contribution < -0.4 is 5.73 Å². The molecule has 1 heterocycles. The molecule has 2 aromatic carbocycles. The van der Waals surface area contributed by atoms with Gasteiger partial charge >= 0.3 is 6.03 Å². The Balaban J connectivity index is 2.16. The van der Waals surface area contributed by atoms with Crippen LogP contribution in [0.2, 0.25) is 5.02 Å². The van der Waals surface area contributed by atoms with Crippen molar-refractivity contribution in [2.75, 3.05) is 27.2 Å². The molecule has 0 saturated heterocycles. The maximum atomic E-state index is 14.6. The van der Waals surface area contributed by atoms with E-state index in [1.165, 1.54) is 12.1 Å². The van der Waals surface area contributed by atoms with Gasteiger partial charge in [0.1, 0.15) is 5.82 Å². The number of benzene rings is 2. The minimum absolute atomic E-state index is 0.115. The summed E-state index contributed by atoms with van der Waals surface area (Å²) >= 11 is 6.14. The van der Waals surface area contributed by atoms with E-state index in [-0.39, 0.29) is 11.8 Å². The molecule has 0 bridgehead atoms. The molecule has 0 aliphatic carbocycles. The number of hydrogen-bond acceptors (Lipinski definition) is 2. The number of nitrogens with zero attached hydrogens (tertiary/aromatic N) is 2. The van der Waals surface area contributed by atoms with Crippen LogP contribution in [-0.2, 0) is 5.54 Å². The number of unbranched alkanes of at least 4 members (excludes halogenated alkanes) is 1. The van der Waals surface area contributed by atoms with Crippen molar-refractivity contribution in [1.82, 2.24) is 9.80 Å². The largest absolute Gasteiger partial charge is 0.331 e. The maximum absolute atomic E-state index is 14.6. The SMILES string of the molecule is CN(C)C(=O)N1CC(c2cc(Cl)ccc2F)=CC1(CCCCN)c1ccccc1. The first-order chi connectivity index (χ1) is 13.9. The summed E-state index contributed by atoms with van der Waals surface area (Å²) in [6.07, 6.45) is 4.45. The third kappa shape index (κ3) is 4.31. The van der Waals surface area contributed by atoms with Gasteiger partial charge in [0.2, 0.25) is 0 Å². The van der Waals surface area contributed by atoms with Crippen LogP contribution >= 0.6 is 11.6 Å². The van der Waals surface area contributed by atoms with Gasteiger partial charge in [0.25, 0.3) is 0 Å². The summed E-state index contributed by atoms with van der Waals surface area (Å²) < 4.78 is 14.6. The monoisotopic (exact) mass is 415 g/mol. The number of carbonyl (C=O) groups is 1. The third-order valence-electron chi connectivity index (χ3n) is 5.40. The van der Waals surface area contributed by atoms with Crippen molar-refractivity contribution in [3.05, 3.63) is 76.6 Å². The Morgan fingerprint density at radius 3 is 2.59 bits per heavy atom. The number of amides is 2. The number of nitrogens with two attached hydrogens (primary N) is 1. The molecule has 0 aromatic heterocycles. The summed E-state index contributed by atoms with van der Waals surface area (Å²) in [5.41, 5.74) is 7.26. The van der Waals surface area contributed by atoms with Crippen molar-refractivity contribution in [3.63, 3.8) is 0 Å². The molecular formula is C23H27ClFN3O. The van der Waals surface area contributed by atoms with E-state index in [1.807, 2.05) is 41.3 Å². The molecule has 1 unspecified atom stereocenters. The van der Waals surface area contributed by atoms with Crippen LogP contribution in [-0.4, -0.2) is 43.0 Å². The standard InChI is InChI=1S/C23H27ClFN3O/c1-27(2)22(29)28-16-17(20-14-19(24)10-11-21(20)25)15-23(28,12-6-7-13-26)18-8-4-3-5-9-18/h3-5,8-11,14-15H,6-7,12-13,16,26H2,1-2H3. The van der Waals surface area contributed by atoms with Gasteiger partial charge in [-0.25, -0.2) is 9.18 Å². The fourth-order valence-electron chi connectivity index (χ4n) is 3.97. The molecule has 0 saturated carbocycles. The second kappa shape index (κ2) is 8.97. The molecular weight excluding hydrogens is 389 g/mol. The molecule has 154 valence electrons. The molecule has 3 rings (SSSR count). The van der Waals surface area contributed by atoms with Crippen molar-refractivity contribution in [2.45, 2.75) is 24.8 Å². The smallest absolute Gasteiger partial charge is 0.320 e. The van der Waals surface area contributed by atoms with E-state index >= 15 is 0 Å². The highest BCUT2D eigenvalue weighted by Crippen LogP contribution is 2.44. The zero-order valence-electron chi connectivity index (χ0n) is 16.9. The topological polar surface area (TPSA) is 49.6 Å². The van der Waals surface area contributed by atoms with Crippen LogP contribution in [0.1, 0.15) is 30.4 Å². The van der Waals surface area contributed by atoms with Gasteiger partial charge < -0.3 is 15.5 Å². The Morgan fingerprint density at radius 2 is 1.93 bits per heavy atom. The molecule has 2 N–H and O–H groups in total. The molecule has 0 spiro atoms. The van der Waals surface area contributed by atoms with E-state index in [0.717, 1.165) is 24.0 Å². The molecule has 6 heteroatoms. The molecule has 29 heavy (non-hydrogen) atoms. The Kier molecular flexibility index (Phi) is 6.60. The Labute approximate surface area is 176 Å². The predicted molar refractivity (Wildman–Crippen MR) is 116 cm³/mol. The molecule has 2 amide bonds. The number of carbonyl (C=O) groups excluding carboxylic acids is 1. The van der Waals surface area contributed by atoms with E-state index in [2.05, 4.69) is 0 Å². The number of hydrogen-bond donors (Lipinski definition) is 1. The number of rotatable bonds is 6. The van der Waals surface area contributed by atoms with Crippen molar-refractivity contribution in [3.8, 4) is 0 Å². The third-order valence-corrected chi connectivity index (χ3v) is 5.63. The average molecular weight is 416 g/mol. The Hall–Kier alpha value is -2.37. The lowest BCUT2D eigenvalue weighted by Gasteiger charge is -2.40. The van der Waals surface area contributed by atoms with E-state index in [4.69, 9.17) is 17.3 Å². The van der Waals surface area contributed by atoms with Gasteiger partial charge in [-0.1, -0.05) is 41.9 Å². The summed E-state index contributed by atoms with van der Waals surface area (Å²) in [7, 11) is 3.46. The Morgan fingerprint density at radius 1 is 1.21 bits per heavy atom. The van der Waals surface area contributed by atoms with E-state index in [1.54, 1.807) is 25.1 Å². The highest BCUT2D eigenvalue weighted by Gasteiger charge is 2.45. The van der Waals surface area contributed by atoms with Crippen molar-refractivity contribution >= 4 is 23.2 Å². The van der Waals surface area contributed by atoms with Gasteiger partial charge in [0.15, 0.2) is 0 Å². The summed E-state index contributed by atoms with van der Waals surface area (Å²) in [4.78, 5) is 16.6. The molecule has 1 aliphatic heterocycles. The van der Waals surface area contributed by atoms with E-state index < -0.39 is 5.54 Å². The quantitative estimate of drug-likeness (QED) is 0.683. The average Bonchev–Trinajstić information content (AvgIpc) is 3.10. The lowest BCUT2D eigenvalue weighted by atomic mass is 9.84. The lowest BCUT2D eigenvalue weighted by molar-refractivity contribution is 0.130. The van der Waals surface area contributed by atoms with Gasteiger partial charge in [-0.15, -0.1) is 0 Å². The zero-order valence-corrected chi connectivity index (χ0v) is 17.6. The molecule has 4 nitrogen and oxygen atoms in total. The molecule has 0 fully saturated rings. The highest BCUT2D eigenvalue weighted by molar-refractivity contribution is 6.30. The van der Waals surface area contributed by atoms with Gasteiger partial charge in [-0.05, 0) is 61.2 Å². The summed E-state index contributed by atoms with van der Waals surface area (Å²) in [6, 6.07) is 14.3. The fraction of sp³-hybridized carbons (Fsp3) is 0.348. The van der Waals surface area contributed by atoms with Crippen LogP contribution in [0.25, 0.3) is 5.57 Å². The minimum Gasteiger partial charge on any atom is -0.331 e. The molecule has 2 aromatic rings. The fourth-order valence-corrected chi connectivity index (χ4v) is 4.14. The van der Waals surface area contributed by atoms with Gasteiger partial charge in [-0.3, -0.25) is 0 Å². The van der Waals surface area contributed by atoms with Crippen LogP contribution in [0.3, 0.4) is 0 Å². The highest BCUT2D eigenvalue weighted by atomic mass is 35.5. The van der Waals surface area contributed by atoms with E-state index in [9.17, 15) is 9.18 Å². The Bertz CT molecular complexity index is 900. The van der Waals surface area contributed by atoms with Crippen molar-refractivity contribution in [1.29, 1.82) is 0 Å². The second-order valence-electron chi connectivity index (χ2n) is 7.59. The normalized spacial score (nSPS) is 18.7. The summed E-state index contributed by atoms with van der Waals surface area (Å²) in [5.74, 6) is -0.344. The van der Waals surface area contributed by atoms with Gasteiger partial charge in [-0.2, -0.15) is 0 Å².